The van der Waals surface area contributed by atoms with Crippen molar-refractivity contribution in [1.29, 1.82) is 0 Å². The third kappa shape index (κ3) is 3.38. The second-order valence-electron chi connectivity index (χ2n) is 4.25. The third-order valence-electron chi connectivity index (χ3n) is 2.85. The van der Waals surface area contributed by atoms with Crippen molar-refractivity contribution in [2.24, 2.45) is 0 Å². The lowest BCUT2D eigenvalue weighted by molar-refractivity contribution is -0.384. The molecule has 0 saturated carbocycles. The van der Waals surface area contributed by atoms with E-state index >= 15 is 0 Å². The first kappa shape index (κ1) is 15.0. The van der Waals surface area contributed by atoms with Crippen LogP contribution in [0.15, 0.2) is 42.5 Å². The van der Waals surface area contributed by atoms with Crippen molar-refractivity contribution in [3.05, 3.63) is 63.2 Å². The molecule has 5 nitrogen and oxygen atoms in total. The highest BCUT2D eigenvalue weighted by atomic mass is 35.5. The van der Waals surface area contributed by atoms with Gasteiger partial charge in [0.25, 0.3) is 5.69 Å². The summed E-state index contributed by atoms with van der Waals surface area (Å²) in [7, 11) is 0. The summed E-state index contributed by atoms with van der Waals surface area (Å²) in [5.74, 6) is 0.690. The average Bonchev–Trinajstić information content (AvgIpc) is 2.46. The zero-order valence-electron chi connectivity index (χ0n) is 11.2. The first-order valence-electron chi connectivity index (χ1n) is 6.27. The highest BCUT2D eigenvalue weighted by Gasteiger charge is 2.15. The maximum Gasteiger partial charge on any atom is 0.288 e. The number of ether oxygens (including phenoxy) is 1. The van der Waals surface area contributed by atoms with Crippen molar-refractivity contribution in [1.82, 2.24) is 0 Å². The molecule has 0 bridgehead atoms. The molecule has 21 heavy (non-hydrogen) atoms. The number of carbonyl (C=O) groups is 1. The topological polar surface area (TPSA) is 69.4 Å². The molecule has 0 amide bonds. The summed E-state index contributed by atoms with van der Waals surface area (Å²) in [6, 6.07) is 10.9. The number of nitrogens with zero attached hydrogens (tertiary/aromatic N) is 1. The molecule has 0 heterocycles. The van der Waals surface area contributed by atoms with Crippen LogP contribution in [0.5, 0.6) is 11.5 Å². The van der Waals surface area contributed by atoms with Gasteiger partial charge in [-0.25, -0.2) is 0 Å². The first-order valence-corrected chi connectivity index (χ1v) is 6.64. The van der Waals surface area contributed by atoms with Gasteiger partial charge in [-0.15, -0.1) is 0 Å². The monoisotopic (exact) mass is 305 g/mol. The standard InChI is InChI=1S/C15H12ClNO4/c1-2-14(18)11-5-3-4-6-15(11)21-10-7-8-13(17(19)20)12(16)9-10/h3-9H,2H2,1H3. The van der Waals surface area contributed by atoms with Gasteiger partial charge in [-0.3, -0.25) is 14.9 Å². The molecule has 0 N–H and O–H groups in total. The molecule has 0 radical (unpaired) electrons. The van der Waals surface area contributed by atoms with Crippen molar-refractivity contribution in [3.8, 4) is 11.5 Å². The van der Waals surface area contributed by atoms with Gasteiger partial charge in [0.2, 0.25) is 0 Å². The quantitative estimate of drug-likeness (QED) is 0.458. The second-order valence-corrected chi connectivity index (χ2v) is 4.65. The van der Waals surface area contributed by atoms with E-state index in [9.17, 15) is 14.9 Å². The molecule has 0 unspecified atom stereocenters. The smallest absolute Gasteiger partial charge is 0.288 e. The molecular weight excluding hydrogens is 294 g/mol. The van der Waals surface area contributed by atoms with Gasteiger partial charge in [-0.1, -0.05) is 30.7 Å². The predicted octanol–water partition coefficient (Wildman–Crippen LogP) is 4.63. The maximum absolute atomic E-state index is 11.8. The molecule has 108 valence electrons. The molecule has 0 spiro atoms. The Morgan fingerprint density at radius 1 is 1.29 bits per heavy atom. The van der Waals surface area contributed by atoms with E-state index in [1.165, 1.54) is 18.2 Å². The fourth-order valence-electron chi connectivity index (χ4n) is 1.80. The van der Waals surface area contributed by atoms with Gasteiger partial charge in [-0.05, 0) is 18.2 Å². The minimum atomic E-state index is -0.569. The van der Waals surface area contributed by atoms with Gasteiger partial charge in [-0.2, -0.15) is 0 Å². The van der Waals surface area contributed by atoms with Gasteiger partial charge >= 0.3 is 0 Å². The molecule has 0 saturated heterocycles. The van der Waals surface area contributed by atoms with E-state index in [2.05, 4.69) is 0 Å². The summed E-state index contributed by atoms with van der Waals surface area (Å²) in [4.78, 5) is 22.0. The second kappa shape index (κ2) is 6.37. The van der Waals surface area contributed by atoms with Crippen LogP contribution in [0.25, 0.3) is 0 Å². The van der Waals surface area contributed by atoms with Crippen LogP contribution < -0.4 is 4.74 Å². The lowest BCUT2D eigenvalue weighted by Gasteiger charge is -2.10. The summed E-state index contributed by atoms with van der Waals surface area (Å²) in [6.07, 6.45) is 0.362. The summed E-state index contributed by atoms with van der Waals surface area (Å²) < 4.78 is 5.62. The van der Waals surface area contributed by atoms with Gasteiger partial charge in [0.05, 0.1) is 10.5 Å². The normalized spacial score (nSPS) is 10.2. The van der Waals surface area contributed by atoms with Crippen LogP contribution in [-0.4, -0.2) is 10.7 Å². The fraction of sp³-hybridized carbons (Fsp3) is 0.133. The third-order valence-corrected chi connectivity index (χ3v) is 3.15. The molecule has 0 atom stereocenters. The summed E-state index contributed by atoms with van der Waals surface area (Å²) >= 11 is 5.83. The minimum Gasteiger partial charge on any atom is -0.457 e. The summed E-state index contributed by atoms with van der Waals surface area (Å²) in [6.45, 7) is 1.77. The van der Waals surface area contributed by atoms with E-state index in [1.54, 1.807) is 31.2 Å². The lowest BCUT2D eigenvalue weighted by Crippen LogP contribution is -2.00. The SMILES string of the molecule is CCC(=O)c1ccccc1Oc1ccc([N+](=O)[O-])c(Cl)c1. The van der Waals surface area contributed by atoms with Crippen molar-refractivity contribution in [3.63, 3.8) is 0 Å². The highest BCUT2D eigenvalue weighted by molar-refractivity contribution is 6.32. The average molecular weight is 306 g/mol. The van der Waals surface area contributed by atoms with Crippen LogP contribution in [0.4, 0.5) is 5.69 Å². The number of ketones is 1. The Kier molecular flexibility index (Phi) is 4.55. The molecular formula is C15H12ClNO4. The molecule has 2 rings (SSSR count). The van der Waals surface area contributed by atoms with E-state index in [0.717, 1.165) is 0 Å². The van der Waals surface area contributed by atoms with Crippen molar-refractivity contribution in [2.75, 3.05) is 0 Å². The number of nitro groups is 1. The number of rotatable bonds is 5. The highest BCUT2D eigenvalue weighted by Crippen LogP contribution is 2.32. The van der Waals surface area contributed by atoms with E-state index < -0.39 is 4.92 Å². The number of hydrogen-bond donors (Lipinski definition) is 0. The molecule has 2 aromatic carbocycles. The van der Waals surface area contributed by atoms with E-state index in [0.29, 0.717) is 23.5 Å². The number of hydrogen-bond acceptors (Lipinski definition) is 4. The van der Waals surface area contributed by atoms with Crippen molar-refractivity contribution < 1.29 is 14.5 Å². The van der Waals surface area contributed by atoms with Gasteiger partial charge < -0.3 is 4.74 Å². The maximum atomic E-state index is 11.8. The minimum absolute atomic E-state index is 0.0169. The number of carbonyl (C=O) groups excluding carboxylic acids is 1. The Morgan fingerprint density at radius 2 is 2.00 bits per heavy atom. The van der Waals surface area contributed by atoms with Crippen LogP contribution >= 0.6 is 11.6 Å². The first-order chi connectivity index (χ1) is 10.0. The van der Waals surface area contributed by atoms with Crippen LogP contribution in [-0.2, 0) is 0 Å². The number of nitro benzene ring substituents is 1. The summed E-state index contributed by atoms with van der Waals surface area (Å²) in [5.41, 5.74) is 0.274. The van der Waals surface area contributed by atoms with Gasteiger partial charge in [0.15, 0.2) is 5.78 Å². The Bertz CT molecular complexity index is 700. The van der Waals surface area contributed by atoms with E-state index in [4.69, 9.17) is 16.3 Å². The van der Waals surface area contributed by atoms with Crippen LogP contribution in [0.2, 0.25) is 5.02 Å². The number of para-hydroxylation sites is 1. The van der Waals surface area contributed by atoms with Crippen molar-refractivity contribution >= 4 is 23.1 Å². The zero-order valence-corrected chi connectivity index (χ0v) is 12.0. The largest absolute Gasteiger partial charge is 0.457 e. The lowest BCUT2D eigenvalue weighted by atomic mass is 10.1. The molecule has 0 aromatic heterocycles. The van der Waals surface area contributed by atoms with Crippen LogP contribution in [0.3, 0.4) is 0 Å². The van der Waals surface area contributed by atoms with Crippen LogP contribution in [0, 0.1) is 10.1 Å². The Morgan fingerprint density at radius 3 is 2.62 bits per heavy atom. The Labute approximate surface area is 126 Å². The predicted molar refractivity (Wildman–Crippen MR) is 79.2 cm³/mol. The fourth-order valence-corrected chi connectivity index (χ4v) is 2.04. The molecule has 0 aliphatic carbocycles. The molecule has 0 aliphatic rings. The molecule has 0 fully saturated rings. The number of Topliss-reactive ketones (excluding diaryl/α,β-unsaturated/α-hetero) is 1. The zero-order chi connectivity index (χ0) is 15.4. The Hall–Kier alpha value is -2.40. The van der Waals surface area contributed by atoms with Crippen molar-refractivity contribution in [2.45, 2.75) is 13.3 Å². The van der Waals surface area contributed by atoms with E-state index in [-0.39, 0.29) is 16.5 Å². The van der Waals surface area contributed by atoms with E-state index in [1.807, 2.05) is 0 Å². The van der Waals surface area contributed by atoms with Gasteiger partial charge in [0, 0.05) is 18.6 Å². The number of benzene rings is 2. The Balaban J connectivity index is 2.33. The molecule has 6 heteroatoms. The number of halogens is 1. The molecule has 2 aromatic rings. The van der Waals surface area contributed by atoms with Crippen LogP contribution in [0.1, 0.15) is 23.7 Å². The summed E-state index contributed by atoms with van der Waals surface area (Å²) in [5, 5.41) is 10.7. The van der Waals surface area contributed by atoms with Gasteiger partial charge in [0.1, 0.15) is 16.5 Å². The molecule has 0 aliphatic heterocycles.